The molecule has 0 radical (unpaired) electrons. The quantitative estimate of drug-likeness (QED) is 0.860. The summed E-state index contributed by atoms with van der Waals surface area (Å²) in [6.07, 6.45) is -0.617. The lowest BCUT2D eigenvalue weighted by Gasteiger charge is -2.26. The van der Waals surface area contributed by atoms with Gasteiger partial charge in [0.1, 0.15) is 11.3 Å². The van der Waals surface area contributed by atoms with E-state index in [1.54, 1.807) is 32.0 Å². The Kier molecular flexibility index (Phi) is 3.62. The Balaban J connectivity index is 2.00. The second kappa shape index (κ2) is 5.59. The van der Waals surface area contributed by atoms with Crippen LogP contribution in [0.4, 0.5) is 4.79 Å². The number of rotatable bonds is 3. The van der Waals surface area contributed by atoms with Crippen LogP contribution in [0.1, 0.15) is 25.5 Å². The van der Waals surface area contributed by atoms with Crippen LogP contribution >= 0.6 is 0 Å². The van der Waals surface area contributed by atoms with Crippen LogP contribution in [0.3, 0.4) is 0 Å². The average Bonchev–Trinajstić information content (AvgIpc) is 2.93. The molecule has 0 spiro atoms. The zero-order chi connectivity index (χ0) is 15.7. The van der Waals surface area contributed by atoms with Gasteiger partial charge < -0.3 is 24.3 Å². The molecule has 0 saturated carbocycles. The zero-order valence-electron chi connectivity index (χ0n) is 12.2. The summed E-state index contributed by atoms with van der Waals surface area (Å²) >= 11 is 0. The predicted octanol–water partition coefficient (Wildman–Crippen LogP) is 2.03. The highest BCUT2D eigenvalue weighted by Gasteiger charge is 2.34. The number of fused-ring (bicyclic) bond motifs is 1. The van der Waals surface area contributed by atoms with Crippen LogP contribution in [0.5, 0.6) is 11.5 Å². The minimum atomic E-state index is -0.658. The van der Waals surface area contributed by atoms with Crippen LogP contribution in [0.2, 0.25) is 0 Å². The van der Waals surface area contributed by atoms with Gasteiger partial charge in [-0.1, -0.05) is 6.07 Å². The molecule has 0 aromatic heterocycles. The van der Waals surface area contributed by atoms with Crippen LogP contribution < -0.4 is 14.8 Å². The summed E-state index contributed by atoms with van der Waals surface area (Å²) in [5, 5.41) is 2.63. The number of nitrogens with one attached hydrogen (secondary N) is 1. The Hall–Kier alpha value is -2.70. The first kappa shape index (κ1) is 14.2. The number of allylic oxidation sites excluding steroid dienone is 1. The lowest BCUT2D eigenvalue weighted by molar-refractivity contribution is -0.139. The van der Waals surface area contributed by atoms with Crippen LogP contribution in [0.25, 0.3) is 0 Å². The minimum Gasteiger partial charge on any atom is -0.462 e. The maximum Gasteiger partial charge on any atom is 0.413 e. The lowest BCUT2D eigenvalue weighted by Crippen LogP contribution is -2.38. The van der Waals surface area contributed by atoms with Crippen molar-refractivity contribution in [1.82, 2.24) is 5.32 Å². The van der Waals surface area contributed by atoms with Gasteiger partial charge in [-0.2, -0.15) is 0 Å². The molecular weight excluding hydrogens is 290 g/mol. The molecule has 2 aliphatic heterocycles. The molecule has 2 aliphatic rings. The number of hydrogen-bond donors (Lipinski definition) is 1. The van der Waals surface area contributed by atoms with Crippen molar-refractivity contribution in [3.8, 4) is 11.5 Å². The Morgan fingerprint density at radius 1 is 1.36 bits per heavy atom. The van der Waals surface area contributed by atoms with Crippen LogP contribution in [-0.2, 0) is 14.3 Å². The fourth-order valence-electron chi connectivity index (χ4n) is 2.43. The number of ether oxygens (including phenoxy) is 4. The maximum absolute atomic E-state index is 12.2. The summed E-state index contributed by atoms with van der Waals surface area (Å²) in [5.74, 6) is 0.896. The molecule has 116 valence electrons. The maximum atomic E-state index is 12.2. The molecule has 1 amide bonds. The Bertz CT molecular complexity index is 666. The molecule has 0 saturated heterocycles. The van der Waals surface area contributed by atoms with Crippen molar-refractivity contribution in [3.05, 3.63) is 35.1 Å². The predicted molar refractivity (Wildman–Crippen MR) is 74.3 cm³/mol. The summed E-state index contributed by atoms with van der Waals surface area (Å²) in [6, 6.07) is 4.56. The second-order valence-electron chi connectivity index (χ2n) is 4.77. The van der Waals surface area contributed by atoms with Crippen molar-refractivity contribution in [2.75, 3.05) is 13.4 Å². The van der Waals surface area contributed by atoms with Crippen LogP contribution in [0.15, 0.2) is 29.5 Å². The van der Waals surface area contributed by atoms with Crippen molar-refractivity contribution >= 4 is 12.1 Å². The van der Waals surface area contributed by atoms with Gasteiger partial charge in [0, 0.05) is 0 Å². The van der Waals surface area contributed by atoms with Gasteiger partial charge in [0.2, 0.25) is 6.79 Å². The first-order valence-corrected chi connectivity index (χ1v) is 6.86. The van der Waals surface area contributed by atoms with Gasteiger partial charge in [0.15, 0.2) is 11.5 Å². The molecule has 3 rings (SSSR count). The van der Waals surface area contributed by atoms with E-state index < -0.39 is 18.1 Å². The van der Waals surface area contributed by atoms with E-state index in [2.05, 4.69) is 5.32 Å². The molecule has 0 fully saturated rings. The highest BCUT2D eigenvalue weighted by Crippen LogP contribution is 2.37. The summed E-state index contributed by atoms with van der Waals surface area (Å²) in [7, 11) is 0. The second-order valence-corrected chi connectivity index (χ2v) is 4.77. The molecule has 1 N–H and O–H groups in total. The lowest BCUT2D eigenvalue weighted by atomic mass is 9.96. The number of cyclic esters (lactones) is 1. The monoisotopic (exact) mass is 305 g/mol. The molecule has 1 aromatic rings. The Labute approximate surface area is 126 Å². The third-order valence-corrected chi connectivity index (χ3v) is 3.40. The van der Waals surface area contributed by atoms with Crippen molar-refractivity contribution in [3.63, 3.8) is 0 Å². The van der Waals surface area contributed by atoms with E-state index in [0.717, 1.165) is 0 Å². The van der Waals surface area contributed by atoms with E-state index in [0.29, 0.717) is 17.1 Å². The SMILES string of the molecule is CCOC(=O)C1=C(C)OC(=O)NC1c1ccc2c(c1)OCO2. The molecular formula is C15H15NO6. The molecule has 1 atom stereocenters. The number of benzene rings is 1. The van der Waals surface area contributed by atoms with E-state index in [4.69, 9.17) is 18.9 Å². The first-order chi connectivity index (χ1) is 10.6. The normalized spacial score (nSPS) is 19.5. The molecule has 1 unspecified atom stereocenters. The van der Waals surface area contributed by atoms with E-state index >= 15 is 0 Å². The standard InChI is InChI=1S/C15H15NO6/c1-3-19-14(17)12-8(2)22-15(18)16-13(12)9-4-5-10-11(6-9)21-7-20-10/h4-6,13H,3,7H2,1-2H3,(H,16,18). The van der Waals surface area contributed by atoms with Crippen molar-refractivity contribution in [2.24, 2.45) is 0 Å². The molecule has 7 heteroatoms. The van der Waals surface area contributed by atoms with Gasteiger partial charge in [-0.05, 0) is 31.5 Å². The van der Waals surface area contributed by atoms with Crippen molar-refractivity contribution in [2.45, 2.75) is 19.9 Å². The third-order valence-electron chi connectivity index (χ3n) is 3.40. The average molecular weight is 305 g/mol. The summed E-state index contributed by atoms with van der Waals surface area (Å²) in [4.78, 5) is 23.8. The minimum absolute atomic E-state index is 0.151. The Morgan fingerprint density at radius 3 is 2.91 bits per heavy atom. The largest absolute Gasteiger partial charge is 0.462 e. The fraction of sp³-hybridized carbons (Fsp3) is 0.333. The van der Waals surface area contributed by atoms with Crippen molar-refractivity contribution in [1.29, 1.82) is 0 Å². The van der Waals surface area contributed by atoms with Crippen LogP contribution in [0, 0.1) is 0 Å². The number of carbonyl (C=O) groups excluding carboxylic acids is 2. The van der Waals surface area contributed by atoms with Gasteiger partial charge >= 0.3 is 12.1 Å². The van der Waals surface area contributed by atoms with Gasteiger partial charge in [-0.15, -0.1) is 0 Å². The number of carbonyl (C=O) groups is 2. The molecule has 22 heavy (non-hydrogen) atoms. The van der Waals surface area contributed by atoms with Gasteiger partial charge in [-0.3, -0.25) is 0 Å². The first-order valence-electron chi connectivity index (χ1n) is 6.86. The summed E-state index contributed by atoms with van der Waals surface area (Å²) < 4.78 is 20.6. The zero-order valence-corrected chi connectivity index (χ0v) is 12.2. The van der Waals surface area contributed by atoms with E-state index in [9.17, 15) is 9.59 Å². The van der Waals surface area contributed by atoms with E-state index in [1.165, 1.54) is 0 Å². The topological polar surface area (TPSA) is 83.1 Å². The highest BCUT2D eigenvalue weighted by molar-refractivity contribution is 5.93. The highest BCUT2D eigenvalue weighted by atomic mass is 16.7. The van der Waals surface area contributed by atoms with Gasteiger partial charge in [0.05, 0.1) is 12.6 Å². The van der Waals surface area contributed by atoms with Crippen LogP contribution in [-0.4, -0.2) is 25.5 Å². The summed E-state index contributed by atoms with van der Waals surface area (Å²) in [6.45, 7) is 3.66. The number of alkyl carbamates (subject to hydrolysis) is 1. The Morgan fingerprint density at radius 2 is 2.14 bits per heavy atom. The molecule has 0 bridgehead atoms. The molecule has 2 heterocycles. The smallest absolute Gasteiger partial charge is 0.413 e. The van der Waals surface area contributed by atoms with Gasteiger partial charge in [-0.25, -0.2) is 9.59 Å². The third kappa shape index (κ3) is 2.45. The summed E-state index contributed by atoms with van der Waals surface area (Å²) in [5.41, 5.74) is 0.948. The number of hydrogen-bond acceptors (Lipinski definition) is 6. The number of amides is 1. The fourth-order valence-corrected chi connectivity index (χ4v) is 2.43. The molecule has 0 aliphatic carbocycles. The number of esters is 1. The molecule has 1 aromatic carbocycles. The molecule has 7 nitrogen and oxygen atoms in total. The van der Waals surface area contributed by atoms with Crippen molar-refractivity contribution < 1.29 is 28.5 Å². The van der Waals surface area contributed by atoms with E-state index in [1.807, 2.05) is 0 Å². The van der Waals surface area contributed by atoms with Gasteiger partial charge in [0.25, 0.3) is 0 Å². The van der Waals surface area contributed by atoms with E-state index in [-0.39, 0.29) is 24.7 Å².